The molecule has 1 amide bonds. The first kappa shape index (κ1) is 43.8. The van der Waals surface area contributed by atoms with Crippen molar-refractivity contribution >= 4 is 16.0 Å². The van der Waals surface area contributed by atoms with E-state index < -0.39 is 40.0 Å². The maximum atomic E-state index is 12.5. The van der Waals surface area contributed by atoms with Crippen molar-refractivity contribution < 1.29 is 28.0 Å². The summed E-state index contributed by atoms with van der Waals surface area (Å²) in [5.74, 6) is -1.54. The Morgan fingerprint density at radius 2 is 0.978 bits per heavy atom. The standard InChI is InChI=1S/C37H71NO6S/c1-3-5-7-9-11-13-15-17-18-20-22-24-26-28-30-32-36(40)37(41)38-34(33-45(42,43)44)35(39)31-29-27-25-23-21-19-16-14-12-10-8-6-4-2/h18,20,29,31,34-36,39-40H,3-17,19,21-28,30,32-33H2,1-2H3,(H,38,41)(H,42,43,44)/b20-18-,31-29+. The Morgan fingerprint density at radius 1 is 0.600 bits per heavy atom. The molecule has 4 N–H and O–H groups in total. The van der Waals surface area contributed by atoms with Crippen LogP contribution in [0.5, 0.6) is 0 Å². The summed E-state index contributed by atoms with van der Waals surface area (Å²) in [4.78, 5) is 12.5. The van der Waals surface area contributed by atoms with E-state index in [9.17, 15) is 28.0 Å². The number of unbranched alkanes of at least 4 members (excludes halogenated alkanes) is 22. The molecule has 0 aliphatic rings. The maximum absolute atomic E-state index is 12.5. The third kappa shape index (κ3) is 31.2. The van der Waals surface area contributed by atoms with Gasteiger partial charge in [-0.2, -0.15) is 8.42 Å². The summed E-state index contributed by atoms with van der Waals surface area (Å²) in [6.07, 6.45) is 35.1. The zero-order chi connectivity index (χ0) is 33.4. The van der Waals surface area contributed by atoms with Crippen molar-refractivity contribution in [3.05, 3.63) is 24.3 Å². The van der Waals surface area contributed by atoms with Crippen molar-refractivity contribution in [1.29, 1.82) is 0 Å². The molecule has 0 aromatic carbocycles. The van der Waals surface area contributed by atoms with E-state index in [0.717, 1.165) is 51.4 Å². The molecule has 0 bridgehead atoms. The number of amides is 1. The highest BCUT2D eigenvalue weighted by Gasteiger charge is 2.27. The molecular formula is C37H71NO6S. The first-order chi connectivity index (χ1) is 21.7. The fourth-order valence-corrected chi connectivity index (χ4v) is 6.30. The van der Waals surface area contributed by atoms with Crippen LogP contribution in [0.25, 0.3) is 0 Å². The van der Waals surface area contributed by atoms with Gasteiger partial charge in [0, 0.05) is 0 Å². The summed E-state index contributed by atoms with van der Waals surface area (Å²) in [6.45, 7) is 4.48. The molecule has 3 unspecified atom stereocenters. The van der Waals surface area contributed by atoms with E-state index >= 15 is 0 Å². The van der Waals surface area contributed by atoms with Crippen LogP contribution in [0, 0.1) is 0 Å². The predicted octanol–water partition coefficient (Wildman–Crippen LogP) is 9.38. The second-order valence-electron chi connectivity index (χ2n) is 13.0. The number of hydrogen-bond donors (Lipinski definition) is 4. The smallest absolute Gasteiger partial charge is 0.267 e. The van der Waals surface area contributed by atoms with E-state index in [1.807, 2.05) is 0 Å². The molecule has 7 nitrogen and oxygen atoms in total. The Labute approximate surface area is 277 Å². The third-order valence-corrected chi connectivity index (χ3v) is 9.26. The average molecular weight is 658 g/mol. The molecule has 0 aromatic heterocycles. The Kier molecular flexibility index (Phi) is 30.5. The van der Waals surface area contributed by atoms with Gasteiger partial charge in [-0.05, 0) is 44.9 Å². The lowest BCUT2D eigenvalue weighted by Gasteiger charge is -2.22. The lowest BCUT2D eigenvalue weighted by Crippen LogP contribution is -2.50. The summed E-state index contributed by atoms with van der Waals surface area (Å²) >= 11 is 0. The first-order valence-electron chi connectivity index (χ1n) is 18.6. The Balaban J connectivity index is 4.13. The van der Waals surface area contributed by atoms with Gasteiger partial charge in [-0.15, -0.1) is 0 Å². The van der Waals surface area contributed by atoms with Gasteiger partial charge in [0.2, 0.25) is 5.91 Å². The number of aliphatic hydroxyl groups is 2. The maximum Gasteiger partial charge on any atom is 0.267 e. The summed E-state index contributed by atoms with van der Waals surface area (Å²) in [5.41, 5.74) is 0. The van der Waals surface area contributed by atoms with Crippen LogP contribution < -0.4 is 5.32 Å². The number of nitrogens with one attached hydrogen (secondary N) is 1. The Hall–Kier alpha value is -1.22. The highest BCUT2D eigenvalue weighted by atomic mass is 32.2. The van der Waals surface area contributed by atoms with E-state index in [-0.39, 0.29) is 6.42 Å². The molecule has 0 radical (unpaired) electrons. The van der Waals surface area contributed by atoms with Crippen LogP contribution in [0.4, 0.5) is 0 Å². The van der Waals surface area contributed by atoms with Gasteiger partial charge in [0.15, 0.2) is 0 Å². The number of allylic oxidation sites excluding steroid dienone is 3. The normalized spacial score (nSPS) is 14.3. The van der Waals surface area contributed by atoms with Crippen molar-refractivity contribution in [2.24, 2.45) is 0 Å². The monoisotopic (exact) mass is 658 g/mol. The molecule has 0 rings (SSSR count). The second-order valence-corrected chi connectivity index (χ2v) is 14.5. The Bertz CT molecular complexity index is 829. The summed E-state index contributed by atoms with van der Waals surface area (Å²) in [7, 11) is -4.44. The largest absolute Gasteiger partial charge is 0.387 e. The zero-order valence-electron chi connectivity index (χ0n) is 29.1. The van der Waals surface area contributed by atoms with Crippen LogP contribution in [0.2, 0.25) is 0 Å². The number of hydrogen-bond acceptors (Lipinski definition) is 5. The molecule has 3 atom stereocenters. The molecule has 0 aliphatic heterocycles. The molecule has 266 valence electrons. The van der Waals surface area contributed by atoms with Crippen LogP contribution in [-0.2, 0) is 14.9 Å². The summed E-state index contributed by atoms with van der Waals surface area (Å²) in [5, 5.41) is 23.3. The summed E-state index contributed by atoms with van der Waals surface area (Å²) in [6, 6.07) is -1.23. The van der Waals surface area contributed by atoms with E-state index in [1.54, 1.807) is 6.08 Å². The van der Waals surface area contributed by atoms with Crippen LogP contribution >= 0.6 is 0 Å². The van der Waals surface area contributed by atoms with Gasteiger partial charge >= 0.3 is 0 Å². The van der Waals surface area contributed by atoms with Crippen molar-refractivity contribution in [2.75, 3.05) is 5.75 Å². The average Bonchev–Trinajstić information content (AvgIpc) is 3.00. The minimum Gasteiger partial charge on any atom is -0.387 e. The van der Waals surface area contributed by atoms with Crippen molar-refractivity contribution in [1.82, 2.24) is 5.32 Å². The fraction of sp³-hybridized carbons (Fsp3) is 0.865. The number of rotatable bonds is 33. The molecular weight excluding hydrogens is 586 g/mol. The van der Waals surface area contributed by atoms with E-state index in [1.165, 1.54) is 109 Å². The van der Waals surface area contributed by atoms with Gasteiger partial charge in [0.1, 0.15) is 6.10 Å². The van der Waals surface area contributed by atoms with E-state index in [2.05, 4.69) is 31.3 Å². The van der Waals surface area contributed by atoms with E-state index in [4.69, 9.17) is 0 Å². The van der Waals surface area contributed by atoms with E-state index in [0.29, 0.717) is 6.42 Å². The molecule has 0 fully saturated rings. The third-order valence-electron chi connectivity index (χ3n) is 8.48. The second kappa shape index (κ2) is 31.4. The molecule has 45 heavy (non-hydrogen) atoms. The topological polar surface area (TPSA) is 124 Å². The predicted molar refractivity (Wildman–Crippen MR) is 190 cm³/mol. The molecule has 0 aliphatic carbocycles. The Morgan fingerprint density at radius 3 is 1.40 bits per heavy atom. The number of carbonyl (C=O) groups is 1. The number of carbonyl (C=O) groups excluding carboxylic acids is 1. The van der Waals surface area contributed by atoms with Crippen LogP contribution in [0.1, 0.15) is 181 Å². The minimum absolute atomic E-state index is 0.267. The van der Waals surface area contributed by atoms with Gasteiger partial charge in [-0.3, -0.25) is 9.35 Å². The minimum atomic E-state index is -4.44. The van der Waals surface area contributed by atoms with Crippen molar-refractivity contribution in [3.8, 4) is 0 Å². The molecule has 8 heteroatoms. The fourth-order valence-electron chi connectivity index (χ4n) is 5.57. The van der Waals surface area contributed by atoms with Gasteiger partial charge in [0.25, 0.3) is 10.1 Å². The summed E-state index contributed by atoms with van der Waals surface area (Å²) < 4.78 is 32.4. The highest BCUT2D eigenvalue weighted by molar-refractivity contribution is 7.85. The van der Waals surface area contributed by atoms with Gasteiger partial charge in [-0.25, -0.2) is 0 Å². The molecule has 0 saturated carbocycles. The SMILES string of the molecule is CCCCCCCCC/C=C\CCCCCCC(O)C(=O)NC(CS(=O)(=O)O)C(O)/C=C/CCCCCCCCCCCCC. The quantitative estimate of drug-likeness (QED) is 0.0317. The van der Waals surface area contributed by atoms with Crippen molar-refractivity contribution in [2.45, 2.75) is 199 Å². The van der Waals surface area contributed by atoms with Crippen LogP contribution in [0.3, 0.4) is 0 Å². The molecule has 0 spiro atoms. The van der Waals surface area contributed by atoms with Crippen LogP contribution in [0.15, 0.2) is 24.3 Å². The first-order valence-corrected chi connectivity index (χ1v) is 20.3. The zero-order valence-corrected chi connectivity index (χ0v) is 29.9. The van der Waals surface area contributed by atoms with Crippen molar-refractivity contribution in [3.63, 3.8) is 0 Å². The van der Waals surface area contributed by atoms with Crippen LogP contribution in [-0.4, -0.2) is 53.1 Å². The molecule has 0 saturated heterocycles. The van der Waals surface area contributed by atoms with Gasteiger partial charge < -0.3 is 15.5 Å². The molecule has 0 aromatic rings. The van der Waals surface area contributed by atoms with Gasteiger partial charge in [-0.1, -0.05) is 160 Å². The highest BCUT2D eigenvalue weighted by Crippen LogP contribution is 2.14. The lowest BCUT2D eigenvalue weighted by molar-refractivity contribution is -0.130. The van der Waals surface area contributed by atoms with Gasteiger partial charge in [0.05, 0.1) is 17.9 Å². The number of aliphatic hydroxyl groups excluding tert-OH is 2. The molecule has 0 heterocycles. The lowest BCUT2D eigenvalue weighted by atomic mass is 10.0.